The Balaban J connectivity index is 0. The molecule has 0 spiro atoms. The van der Waals surface area contributed by atoms with Crippen LogP contribution < -0.4 is 6.15 Å². The predicted molar refractivity (Wildman–Crippen MR) is 137 cm³/mol. The fourth-order valence-electron chi connectivity index (χ4n) is 4.27. The minimum absolute atomic E-state index is 0. The first kappa shape index (κ1) is 31.4. The van der Waals surface area contributed by atoms with Gasteiger partial charge in [0.15, 0.2) is 0 Å². The molecule has 0 amide bonds. The first-order valence-electron chi connectivity index (χ1n) is 12.4. The van der Waals surface area contributed by atoms with Gasteiger partial charge in [0, 0.05) is 0 Å². The molecular weight excluding hydrogens is 386 g/mol. The average molecular weight is 436 g/mol. The molecule has 1 rings (SSSR count). The summed E-state index contributed by atoms with van der Waals surface area (Å²) >= 11 is 0.0638. The molecule has 1 aromatic carbocycles. The minimum Gasteiger partial charge on any atom is -0.344 e. The fourth-order valence-corrected chi connectivity index (χ4v) is 5.71. The molecule has 0 saturated heterocycles. The molecule has 1 nitrogen and oxygen atoms in total. The molecule has 0 aromatic heterocycles. The number of benzene rings is 1. The Hall–Kier alpha value is 0.236. The maximum atomic E-state index is 2.48. The molecule has 1 atom stereocenters. The smallest absolute Gasteiger partial charge is 0.344 e. The van der Waals surface area contributed by atoms with Crippen molar-refractivity contribution in [3.05, 3.63) is 35.9 Å². The Labute approximate surface area is 199 Å². The summed E-state index contributed by atoms with van der Waals surface area (Å²) in [7, 11) is 0. The van der Waals surface area contributed by atoms with Gasteiger partial charge in [0.2, 0.25) is 0 Å². The summed E-state index contributed by atoms with van der Waals surface area (Å²) < 4.78 is 0.915. The van der Waals surface area contributed by atoms with Crippen molar-refractivity contribution in [1.29, 1.82) is 0 Å². The van der Waals surface area contributed by atoms with Crippen molar-refractivity contribution in [3.8, 4) is 0 Å². The fraction of sp³-hybridized carbons (Fsp3) is 0.769. The lowest BCUT2D eigenvalue weighted by atomic mass is 10.0. The molecule has 0 aliphatic heterocycles. The summed E-state index contributed by atoms with van der Waals surface area (Å²) in [6.45, 7) is 2.30. The van der Waals surface area contributed by atoms with Gasteiger partial charge in [-0.15, -0.1) is 16.5 Å². The van der Waals surface area contributed by atoms with Crippen molar-refractivity contribution in [2.24, 2.45) is 0 Å². The maximum Gasteiger partial charge on any atom is 0.371 e. The second-order valence-electron chi connectivity index (χ2n) is 8.61. The highest BCUT2D eigenvalue weighted by Crippen LogP contribution is 2.22. The van der Waals surface area contributed by atoms with Gasteiger partial charge < -0.3 is 6.15 Å². The highest BCUT2D eigenvalue weighted by Gasteiger charge is 2.09. The summed E-state index contributed by atoms with van der Waals surface area (Å²) in [6, 6.07) is 11.2. The van der Waals surface area contributed by atoms with Gasteiger partial charge in [-0.25, -0.2) is 0 Å². The molecule has 29 heavy (non-hydrogen) atoms. The number of hydrogen-bond acceptors (Lipinski definition) is 1. The van der Waals surface area contributed by atoms with Gasteiger partial charge in [-0.1, -0.05) is 152 Å². The van der Waals surface area contributed by atoms with Crippen LogP contribution in [0.4, 0.5) is 0 Å². The van der Waals surface area contributed by atoms with Gasteiger partial charge in [0.05, 0.1) is 0 Å². The van der Waals surface area contributed by atoms with Gasteiger partial charge in [0.25, 0.3) is 0 Å². The van der Waals surface area contributed by atoms with Crippen molar-refractivity contribution in [1.82, 2.24) is 6.15 Å². The molecule has 0 fully saturated rings. The molecule has 3 heteroatoms. The Bertz CT molecular complexity index is 412. The van der Waals surface area contributed by atoms with Crippen LogP contribution in [0.2, 0.25) is 5.05 Å². The highest BCUT2D eigenvalue weighted by molar-refractivity contribution is 6.35. The number of unbranched alkanes of at least 4 members (excludes halogenated alkanes) is 15. The van der Waals surface area contributed by atoms with Crippen LogP contribution in [0.15, 0.2) is 30.3 Å². The van der Waals surface area contributed by atoms with Crippen molar-refractivity contribution in [2.45, 2.75) is 125 Å². The summed E-state index contributed by atoms with van der Waals surface area (Å²) in [5, 5.41) is 2.48. The normalized spacial score (nSPS) is 11.2. The molecule has 0 radical (unpaired) electrons. The molecule has 168 valence electrons. The number of hydrogen-bond donors (Lipinski definition) is 1. The SMILES string of the molecule is CCCCCCCCCCCCCCCCCC[CH]([Mg][CH3])c1ccccc1.Cl.N. The van der Waals surface area contributed by atoms with Gasteiger partial charge in [-0.2, -0.15) is 5.05 Å². The van der Waals surface area contributed by atoms with Crippen molar-refractivity contribution in [3.63, 3.8) is 0 Å². The van der Waals surface area contributed by atoms with Crippen LogP contribution in [-0.4, -0.2) is 20.4 Å². The van der Waals surface area contributed by atoms with Crippen molar-refractivity contribution in [2.75, 3.05) is 0 Å². The third-order valence-electron chi connectivity index (χ3n) is 6.17. The van der Waals surface area contributed by atoms with E-state index in [4.69, 9.17) is 0 Å². The first-order valence-corrected chi connectivity index (χ1v) is 14.7. The van der Waals surface area contributed by atoms with E-state index < -0.39 is 0 Å². The topological polar surface area (TPSA) is 35.0 Å². The summed E-state index contributed by atoms with van der Waals surface area (Å²) in [6.07, 6.45) is 24.8. The van der Waals surface area contributed by atoms with E-state index in [0.717, 1.165) is 4.05 Å². The number of halogens is 1. The zero-order valence-corrected chi connectivity index (χ0v) is 22.0. The van der Waals surface area contributed by atoms with E-state index in [1.165, 1.54) is 109 Å². The van der Waals surface area contributed by atoms with Gasteiger partial charge in [-0.05, 0) is 0 Å². The third-order valence-corrected chi connectivity index (χ3v) is 8.04. The second-order valence-corrected chi connectivity index (χ2v) is 10.4. The Morgan fingerprint density at radius 3 is 1.38 bits per heavy atom. The molecule has 0 aliphatic rings. The Kier molecular flexibility index (Phi) is 26.6. The Morgan fingerprint density at radius 1 is 0.621 bits per heavy atom. The standard InChI is InChI=1S/C25H43.CH3.ClH.Mg.H3N/c1-2-3-4-5-6-7-8-9-10-11-12-13-14-15-16-17-19-22-25-23-20-18-21-24-25;;;;/h18,20-24H,2-17,19H2,1H3;1H3;1H;;1H3. The van der Waals surface area contributed by atoms with Crippen LogP contribution in [0.5, 0.6) is 0 Å². The van der Waals surface area contributed by atoms with Crippen LogP contribution in [0.1, 0.15) is 126 Å². The monoisotopic (exact) mass is 435 g/mol. The second kappa shape index (κ2) is 24.5. The van der Waals surface area contributed by atoms with Crippen molar-refractivity contribution < 1.29 is 0 Å². The van der Waals surface area contributed by atoms with E-state index in [-0.39, 0.29) is 38.9 Å². The van der Waals surface area contributed by atoms with Crippen LogP contribution in [0.3, 0.4) is 0 Å². The lowest BCUT2D eigenvalue weighted by Gasteiger charge is -2.15. The zero-order chi connectivity index (χ0) is 19.4. The third kappa shape index (κ3) is 18.7. The lowest BCUT2D eigenvalue weighted by Crippen LogP contribution is -2.04. The molecule has 0 aliphatic carbocycles. The van der Waals surface area contributed by atoms with Gasteiger partial charge in [0.1, 0.15) is 0 Å². The minimum atomic E-state index is 0. The van der Waals surface area contributed by atoms with E-state index in [0.29, 0.717) is 0 Å². The maximum absolute atomic E-state index is 2.48. The molecule has 1 unspecified atom stereocenters. The molecule has 1 aromatic rings. The van der Waals surface area contributed by atoms with Gasteiger partial charge >= 0.3 is 20.4 Å². The quantitative estimate of drug-likeness (QED) is 0.170. The highest BCUT2D eigenvalue weighted by atomic mass is 35.5. The van der Waals surface area contributed by atoms with Gasteiger partial charge in [-0.3, -0.25) is 0 Å². The predicted octanol–water partition coefficient (Wildman–Crippen LogP) is 9.72. The lowest BCUT2D eigenvalue weighted by molar-refractivity contribution is 0.526. The molecule has 3 N–H and O–H groups in total. The van der Waals surface area contributed by atoms with E-state index in [1.807, 2.05) is 0 Å². The van der Waals surface area contributed by atoms with Crippen LogP contribution in [-0.2, 0) is 0 Å². The molecule has 0 heterocycles. The largest absolute Gasteiger partial charge is 0.371 e. The van der Waals surface area contributed by atoms with Crippen LogP contribution in [0.25, 0.3) is 0 Å². The van der Waals surface area contributed by atoms with Crippen LogP contribution >= 0.6 is 12.4 Å². The molecule has 0 saturated carbocycles. The summed E-state index contributed by atoms with van der Waals surface area (Å²) in [5.74, 6) is 0. The zero-order valence-electron chi connectivity index (χ0n) is 19.8. The molecular formula is C26H50ClMgN. The first-order chi connectivity index (χ1) is 13.4. The van der Waals surface area contributed by atoms with E-state index in [1.54, 1.807) is 5.56 Å². The summed E-state index contributed by atoms with van der Waals surface area (Å²) in [4.78, 5) is 0. The average Bonchev–Trinajstić information content (AvgIpc) is 2.71. The number of rotatable bonds is 19. The van der Waals surface area contributed by atoms with E-state index in [9.17, 15) is 0 Å². The Morgan fingerprint density at radius 2 is 1.00 bits per heavy atom. The molecule has 0 bridgehead atoms. The van der Waals surface area contributed by atoms with E-state index in [2.05, 4.69) is 42.3 Å². The van der Waals surface area contributed by atoms with E-state index >= 15 is 0 Å². The van der Waals surface area contributed by atoms with Crippen LogP contribution in [0, 0.1) is 0 Å². The summed E-state index contributed by atoms with van der Waals surface area (Å²) in [5.41, 5.74) is 1.60. The van der Waals surface area contributed by atoms with Crippen molar-refractivity contribution >= 4 is 32.8 Å².